The number of aliphatic carboxylic acids is 1. The second-order valence-electron chi connectivity index (χ2n) is 8.52. The first-order valence-electron chi connectivity index (χ1n) is 11.4. The minimum atomic E-state index is -0.999. The van der Waals surface area contributed by atoms with Crippen LogP contribution >= 0.6 is 11.8 Å². The zero-order chi connectivity index (χ0) is 23.1. The third-order valence-corrected chi connectivity index (χ3v) is 6.98. The van der Waals surface area contributed by atoms with E-state index in [2.05, 4.69) is 23.2 Å². The fourth-order valence-corrected chi connectivity index (χ4v) is 4.99. The van der Waals surface area contributed by atoms with E-state index in [1.165, 1.54) is 18.4 Å². The Morgan fingerprint density at radius 2 is 2.00 bits per heavy atom. The van der Waals surface area contributed by atoms with Gasteiger partial charge in [-0.2, -0.15) is 11.8 Å². The molecule has 0 radical (unpaired) electrons. The molecule has 0 saturated carbocycles. The van der Waals surface area contributed by atoms with Crippen LogP contribution in [0, 0.1) is 6.92 Å². The molecular weight excluding hydrogens is 420 g/mol. The van der Waals surface area contributed by atoms with Crippen molar-refractivity contribution < 1.29 is 14.7 Å². The van der Waals surface area contributed by atoms with E-state index in [1.807, 2.05) is 49.6 Å². The Morgan fingerprint density at radius 1 is 1.22 bits per heavy atom. The number of carbonyl (C=O) groups excluding carboxylic acids is 1. The van der Waals surface area contributed by atoms with Gasteiger partial charge in [-0.3, -0.25) is 9.69 Å². The average Bonchev–Trinajstić information content (AvgIpc) is 3.23. The number of nitrogens with one attached hydrogen (secondary N) is 1. The molecule has 1 aliphatic rings. The smallest absolute Gasteiger partial charge is 0.326 e. The highest BCUT2D eigenvalue weighted by Crippen LogP contribution is 2.30. The number of amides is 1. The molecular formula is C26H34N2O3S. The molecule has 1 fully saturated rings. The molecule has 1 saturated heterocycles. The monoisotopic (exact) mass is 454 g/mol. The Balaban J connectivity index is 1.93. The van der Waals surface area contributed by atoms with Gasteiger partial charge in [0.2, 0.25) is 0 Å². The van der Waals surface area contributed by atoms with Gasteiger partial charge in [0.05, 0.1) is 0 Å². The molecule has 1 aliphatic heterocycles. The molecule has 2 unspecified atom stereocenters. The third kappa shape index (κ3) is 5.93. The summed E-state index contributed by atoms with van der Waals surface area (Å²) in [4.78, 5) is 27.4. The molecule has 6 heteroatoms. The summed E-state index contributed by atoms with van der Waals surface area (Å²) in [6, 6.07) is 13.7. The molecule has 0 aliphatic carbocycles. The van der Waals surface area contributed by atoms with Crippen LogP contribution in [0.4, 0.5) is 0 Å². The van der Waals surface area contributed by atoms with E-state index in [0.717, 1.165) is 36.2 Å². The summed E-state index contributed by atoms with van der Waals surface area (Å²) in [5.74, 6) is -0.660. The minimum Gasteiger partial charge on any atom is -0.480 e. The SMILES string of the molecule is CCC1CCCN1Cc1ccc(C(=O)NC(CCSC)C(=O)O)c(-c2ccccc2C)c1. The number of likely N-dealkylation sites (tertiary alicyclic amines) is 1. The van der Waals surface area contributed by atoms with Crippen LogP contribution in [0.15, 0.2) is 42.5 Å². The van der Waals surface area contributed by atoms with Gasteiger partial charge in [-0.1, -0.05) is 37.3 Å². The second-order valence-corrected chi connectivity index (χ2v) is 9.50. The Morgan fingerprint density at radius 3 is 2.69 bits per heavy atom. The Kier molecular flexibility index (Phi) is 8.76. The van der Waals surface area contributed by atoms with Crippen molar-refractivity contribution in [1.29, 1.82) is 0 Å². The molecule has 172 valence electrons. The Bertz CT molecular complexity index is 946. The van der Waals surface area contributed by atoms with Crippen LogP contribution in [-0.2, 0) is 11.3 Å². The highest BCUT2D eigenvalue weighted by atomic mass is 32.2. The molecule has 32 heavy (non-hydrogen) atoms. The van der Waals surface area contributed by atoms with Crippen LogP contribution in [0.5, 0.6) is 0 Å². The Hall–Kier alpha value is -2.31. The van der Waals surface area contributed by atoms with Gasteiger partial charge in [0.15, 0.2) is 0 Å². The van der Waals surface area contributed by atoms with E-state index < -0.39 is 12.0 Å². The van der Waals surface area contributed by atoms with Crippen LogP contribution in [0.3, 0.4) is 0 Å². The quantitative estimate of drug-likeness (QED) is 0.530. The molecule has 2 N–H and O–H groups in total. The van der Waals surface area contributed by atoms with Crippen LogP contribution in [0.25, 0.3) is 11.1 Å². The summed E-state index contributed by atoms with van der Waals surface area (Å²) in [5, 5.41) is 12.3. The molecule has 5 nitrogen and oxygen atoms in total. The van der Waals surface area contributed by atoms with Crippen molar-refractivity contribution in [2.75, 3.05) is 18.6 Å². The molecule has 1 amide bonds. The Labute approximate surface area is 195 Å². The first-order valence-corrected chi connectivity index (χ1v) is 12.8. The molecule has 0 bridgehead atoms. The summed E-state index contributed by atoms with van der Waals surface area (Å²) in [6.45, 7) is 6.25. The van der Waals surface area contributed by atoms with Gasteiger partial charge in [0.25, 0.3) is 5.91 Å². The van der Waals surface area contributed by atoms with Gasteiger partial charge >= 0.3 is 5.97 Å². The summed E-state index contributed by atoms with van der Waals surface area (Å²) >= 11 is 1.57. The topological polar surface area (TPSA) is 69.6 Å². The molecule has 1 heterocycles. The van der Waals surface area contributed by atoms with Crippen LogP contribution < -0.4 is 5.32 Å². The zero-order valence-corrected chi connectivity index (χ0v) is 20.1. The summed E-state index contributed by atoms with van der Waals surface area (Å²) < 4.78 is 0. The lowest BCUT2D eigenvalue weighted by Gasteiger charge is -2.24. The standard InChI is InChI=1S/C26H34N2O3S/c1-4-20-9-7-14-28(20)17-19-11-12-22(23(16-19)21-10-6-5-8-18(21)2)25(29)27-24(26(30)31)13-15-32-3/h5-6,8,10-12,16,20,24H,4,7,9,13-15,17H2,1-3H3,(H,27,29)(H,30,31). The summed E-state index contributed by atoms with van der Waals surface area (Å²) in [7, 11) is 0. The number of aryl methyl sites for hydroxylation is 1. The average molecular weight is 455 g/mol. The number of hydrogen-bond acceptors (Lipinski definition) is 4. The number of hydrogen-bond donors (Lipinski definition) is 2. The largest absolute Gasteiger partial charge is 0.480 e. The van der Waals surface area contributed by atoms with E-state index in [1.54, 1.807) is 11.8 Å². The highest BCUT2D eigenvalue weighted by molar-refractivity contribution is 7.98. The first kappa shape index (κ1) is 24.3. The molecule has 2 aromatic rings. The maximum Gasteiger partial charge on any atom is 0.326 e. The van der Waals surface area contributed by atoms with E-state index in [4.69, 9.17) is 0 Å². The lowest BCUT2D eigenvalue weighted by Crippen LogP contribution is -2.41. The van der Waals surface area contributed by atoms with Gasteiger partial charge in [-0.05, 0) is 85.5 Å². The zero-order valence-electron chi connectivity index (χ0n) is 19.3. The van der Waals surface area contributed by atoms with E-state index in [-0.39, 0.29) is 5.91 Å². The van der Waals surface area contributed by atoms with Crippen molar-refractivity contribution in [2.45, 2.75) is 58.2 Å². The number of carboxylic acid groups (broad SMARTS) is 1. The van der Waals surface area contributed by atoms with Crippen molar-refractivity contribution >= 4 is 23.6 Å². The molecule has 3 rings (SSSR count). The fourth-order valence-electron chi connectivity index (χ4n) is 4.51. The molecule has 2 atom stereocenters. The van der Waals surface area contributed by atoms with E-state index in [9.17, 15) is 14.7 Å². The first-order chi connectivity index (χ1) is 15.4. The number of benzene rings is 2. The molecule has 2 aromatic carbocycles. The van der Waals surface area contributed by atoms with E-state index >= 15 is 0 Å². The predicted octanol–water partition coefficient (Wildman–Crippen LogP) is 4.97. The second kappa shape index (κ2) is 11.5. The van der Waals surface area contributed by atoms with Crippen molar-refractivity contribution in [3.63, 3.8) is 0 Å². The molecule has 0 aromatic heterocycles. The van der Waals surface area contributed by atoms with E-state index in [0.29, 0.717) is 23.8 Å². The van der Waals surface area contributed by atoms with Crippen LogP contribution in [0.2, 0.25) is 0 Å². The number of carbonyl (C=O) groups is 2. The van der Waals surface area contributed by atoms with Gasteiger partial charge in [0.1, 0.15) is 6.04 Å². The normalized spacial score (nSPS) is 17.3. The maximum atomic E-state index is 13.2. The summed E-state index contributed by atoms with van der Waals surface area (Å²) in [5.41, 5.74) is 4.65. The number of rotatable bonds is 10. The van der Waals surface area contributed by atoms with Crippen LogP contribution in [-0.4, -0.2) is 52.5 Å². The minimum absolute atomic E-state index is 0.337. The van der Waals surface area contributed by atoms with Crippen molar-refractivity contribution in [1.82, 2.24) is 10.2 Å². The number of thioether (sulfide) groups is 1. The lowest BCUT2D eigenvalue weighted by atomic mass is 9.93. The van der Waals surface area contributed by atoms with Crippen LogP contribution in [0.1, 0.15) is 54.1 Å². The number of carboxylic acids is 1. The third-order valence-electron chi connectivity index (χ3n) is 6.33. The molecule has 0 spiro atoms. The fraction of sp³-hybridized carbons (Fsp3) is 0.462. The predicted molar refractivity (Wildman–Crippen MR) is 132 cm³/mol. The summed E-state index contributed by atoms with van der Waals surface area (Å²) in [6.07, 6.45) is 5.95. The highest BCUT2D eigenvalue weighted by Gasteiger charge is 2.25. The van der Waals surface area contributed by atoms with Crippen molar-refractivity contribution in [3.05, 3.63) is 59.2 Å². The van der Waals surface area contributed by atoms with Gasteiger partial charge in [0, 0.05) is 18.2 Å². The number of nitrogens with zero attached hydrogens (tertiary/aromatic N) is 1. The maximum absolute atomic E-state index is 13.2. The van der Waals surface area contributed by atoms with Crippen molar-refractivity contribution in [2.24, 2.45) is 0 Å². The van der Waals surface area contributed by atoms with Gasteiger partial charge < -0.3 is 10.4 Å². The van der Waals surface area contributed by atoms with Crippen molar-refractivity contribution in [3.8, 4) is 11.1 Å². The lowest BCUT2D eigenvalue weighted by molar-refractivity contribution is -0.139. The van der Waals surface area contributed by atoms with Gasteiger partial charge in [-0.25, -0.2) is 4.79 Å². The van der Waals surface area contributed by atoms with Gasteiger partial charge in [-0.15, -0.1) is 0 Å².